The molecule has 0 radical (unpaired) electrons. The summed E-state index contributed by atoms with van der Waals surface area (Å²) in [6.07, 6.45) is 11.3. The lowest BCUT2D eigenvalue weighted by atomic mass is 9.78. The van der Waals surface area contributed by atoms with Gasteiger partial charge in [-0.1, -0.05) is 12.3 Å². The SMILES string of the molecule is C#Cc1ccc(-c2nnc(N[C@@H]3CCCN(C)C3)cc2C2CCC2)c(O)c1. The summed E-state index contributed by atoms with van der Waals surface area (Å²) in [7, 11) is 2.16. The second-order valence-corrected chi connectivity index (χ2v) is 7.78. The molecule has 1 aliphatic heterocycles. The number of likely N-dealkylation sites (tertiary alicyclic amines) is 1. The molecule has 5 nitrogen and oxygen atoms in total. The molecular weight excluding hydrogens is 336 g/mol. The maximum absolute atomic E-state index is 10.4. The van der Waals surface area contributed by atoms with Crippen molar-refractivity contribution in [3.8, 4) is 29.4 Å². The van der Waals surface area contributed by atoms with Gasteiger partial charge in [0.2, 0.25) is 0 Å². The van der Waals surface area contributed by atoms with Gasteiger partial charge in [0.15, 0.2) is 0 Å². The largest absolute Gasteiger partial charge is 0.507 e. The van der Waals surface area contributed by atoms with Crippen molar-refractivity contribution >= 4 is 5.82 Å². The van der Waals surface area contributed by atoms with Crippen LogP contribution in [0.3, 0.4) is 0 Å². The number of likely N-dealkylation sites (N-methyl/N-ethyl adjacent to an activating group) is 1. The Labute approximate surface area is 160 Å². The molecule has 0 amide bonds. The lowest BCUT2D eigenvalue weighted by Gasteiger charge is -2.31. The fourth-order valence-electron chi connectivity index (χ4n) is 4.03. The maximum Gasteiger partial charge on any atom is 0.149 e. The van der Waals surface area contributed by atoms with Crippen molar-refractivity contribution < 1.29 is 5.11 Å². The van der Waals surface area contributed by atoms with Crippen molar-refractivity contribution in [2.24, 2.45) is 0 Å². The first-order valence-corrected chi connectivity index (χ1v) is 9.76. The third-order valence-electron chi connectivity index (χ3n) is 5.76. The van der Waals surface area contributed by atoms with Crippen molar-refractivity contribution in [1.29, 1.82) is 0 Å². The van der Waals surface area contributed by atoms with Gasteiger partial charge in [-0.05, 0) is 75.0 Å². The minimum Gasteiger partial charge on any atom is -0.507 e. The van der Waals surface area contributed by atoms with Crippen molar-refractivity contribution in [2.75, 3.05) is 25.5 Å². The molecule has 140 valence electrons. The maximum atomic E-state index is 10.4. The third-order valence-corrected chi connectivity index (χ3v) is 5.76. The molecule has 1 saturated carbocycles. The standard InChI is InChI=1S/C22H26N4O/c1-3-15-9-10-18(20(27)12-15)22-19(16-6-4-7-16)13-21(24-25-22)23-17-8-5-11-26(2)14-17/h1,9-10,12-13,16-17,27H,4-8,11,14H2,2H3,(H,23,24)/t17-/m1/s1. The van der Waals surface area contributed by atoms with Gasteiger partial charge in [-0.3, -0.25) is 0 Å². The monoisotopic (exact) mass is 362 g/mol. The van der Waals surface area contributed by atoms with E-state index < -0.39 is 0 Å². The number of nitrogens with one attached hydrogen (secondary N) is 1. The van der Waals surface area contributed by atoms with Gasteiger partial charge < -0.3 is 15.3 Å². The zero-order valence-corrected chi connectivity index (χ0v) is 15.8. The van der Waals surface area contributed by atoms with Crippen LogP contribution < -0.4 is 5.32 Å². The highest BCUT2D eigenvalue weighted by Gasteiger charge is 2.26. The van der Waals surface area contributed by atoms with Gasteiger partial charge in [0.1, 0.15) is 17.3 Å². The number of aromatic nitrogens is 2. The van der Waals surface area contributed by atoms with Gasteiger partial charge in [0.25, 0.3) is 0 Å². The van der Waals surface area contributed by atoms with Crippen molar-refractivity contribution in [3.05, 3.63) is 35.4 Å². The Hall–Kier alpha value is -2.58. The van der Waals surface area contributed by atoms with Crippen LogP contribution in [-0.4, -0.2) is 46.4 Å². The number of hydrogen-bond acceptors (Lipinski definition) is 5. The molecule has 1 aliphatic carbocycles. The molecule has 1 atom stereocenters. The highest BCUT2D eigenvalue weighted by atomic mass is 16.3. The molecule has 27 heavy (non-hydrogen) atoms. The Kier molecular flexibility index (Phi) is 5.00. The minimum absolute atomic E-state index is 0.162. The molecule has 0 bridgehead atoms. The second-order valence-electron chi connectivity index (χ2n) is 7.78. The van der Waals surface area contributed by atoms with Gasteiger partial charge >= 0.3 is 0 Å². The predicted molar refractivity (Wildman–Crippen MR) is 108 cm³/mol. The molecule has 1 saturated heterocycles. The highest BCUT2D eigenvalue weighted by molar-refractivity contribution is 5.72. The second kappa shape index (κ2) is 7.58. The van der Waals surface area contributed by atoms with E-state index in [1.165, 1.54) is 18.4 Å². The average molecular weight is 362 g/mol. The van der Waals surface area contributed by atoms with Crippen LogP contribution in [0.25, 0.3) is 11.3 Å². The van der Waals surface area contributed by atoms with Gasteiger partial charge in [0, 0.05) is 23.7 Å². The summed E-state index contributed by atoms with van der Waals surface area (Å²) in [5, 5.41) is 23.0. The zero-order chi connectivity index (χ0) is 18.8. The Morgan fingerprint density at radius 3 is 2.70 bits per heavy atom. The minimum atomic E-state index is 0.162. The van der Waals surface area contributed by atoms with E-state index in [1.807, 2.05) is 12.1 Å². The number of nitrogens with zero attached hydrogens (tertiary/aromatic N) is 3. The predicted octanol–water partition coefficient (Wildman–Crippen LogP) is 3.60. The van der Waals surface area contributed by atoms with Crippen LogP contribution in [0.5, 0.6) is 5.75 Å². The van der Waals surface area contributed by atoms with Crippen LogP contribution >= 0.6 is 0 Å². The van der Waals surface area contributed by atoms with E-state index in [1.54, 1.807) is 6.07 Å². The quantitative estimate of drug-likeness (QED) is 0.814. The summed E-state index contributed by atoms with van der Waals surface area (Å²) in [5.41, 5.74) is 3.31. The van der Waals surface area contributed by atoms with Gasteiger partial charge in [-0.2, -0.15) is 0 Å². The van der Waals surface area contributed by atoms with E-state index >= 15 is 0 Å². The van der Waals surface area contributed by atoms with E-state index in [0.717, 1.165) is 43.9 Å². The molecule has 0 unspecified atom stereocenters. The number of benzene rings is 1. The van der Waals surface area contributed by atoms with E-state index in [2.05, 4.69) is 39.4 Å². The van der Waals surface area contributed by atoms with E-state index in [9.17, 15) is 5.11 Å². The molecule has 1 aromatic carbocycles. The van der Waals surface area contributed by atoms with Crippen molar-refractivity contribution in [3.63, 3.8) is 0 Å². The molecule has 2 N–H and O–H groups in total. The van der Waals surface area contributed by atoms with Crippen LogP contribution in [0.2, 0.25) is 0 Å². The van der Waals surface area contributed by atoms with E-state index in [4.69, 9.17) is 6.42 Å². The summed E-state index contributed by atoms with van der Waals surface area (Å²) >= 11 is 0. The molecule has 1 aromatic heterocycles. The number of phenols is 1. The topological polar surface area (TPSA) is 61.3 Å². The number of piperidine rings is 1. The summed E-state index contributed by atoms with van der Waals surface area (Å²) < 4.78 is 0. The number of phenolic OH excluding ortho intramolecular Hbond substituents is 1. The molecule has 2 aromatic rings. The third kappa shape index (κ3) is 3.77. The number of anilines is 1. The van der Waals surface area contributed by atoms with Crippen LogP contribution in [0.4, 0.5) is 5.82 Å². The van der Waals surface area contributed by atoms with Crippen molar-refractivity contribution in [2.45, 2.75) is 44.1 Å². The Bertz CT molecular complexity index is 869. The van der Waals surface area contributed by atoms with Crippen LogP contribution in [0.1, 0.15) is 49.1 Å². The van der Waals surface area contributed by atoms with Gasteiger partial charge in [0.05, 0.1) is 0 Å². The Balaban J connectivity index is 1.65. The molecule has 2 heterocycles. The molecule has 0 spiro atoms. The average Bonchev–Trinajstić information content (AvgIpc) is 2.61. The summed E-state index contributed by atoms with van der Waals surface area (Å²) in [6, 6.07) is 7.84. The Morgan fingerprint density at radius 1 is 1.19 bits per heavy atom. The zero-order valence-electron chi connectivity index (χ0n) is 15.8. The smallest absolute Gasteiger partial charge is 0.149 e. The first-order valence-electron chi connectivity index (χ1n) is 9.76. The highest BCUT2D eigenvalue weighted by Crippen LogP contribution is 2.42. The summed E-state index contributed by atoms with van der Waals surface area (Å²) in [6.45, 7) is 2.18. The number of terminal acetylenes is 1. The van der Waals surface area contributed by atoms with Crippen LogP contribution in [0.15, 0.2) is 24.3 Å². The van der Waals surface area contributed by atoms with E-state index in [-0.39, 0.29) is 5.75 Å². The summed E-state index contributed by atoms with van der Waals surface area (Å²) in [4.78, 5) is 2.35. The first kappa shape index (κ1) is 17.8. The molecule has 2 fully saturated rings. The lowest BCUT2D eigenvalue weighted by molar-refractivity contribution is 0.260. The fraction of sp³-hybridized carbons (Fsp3) is 0.455. The number of aromatic hydroxyl groups is 1. The molecule has 5 heteroatoms. The fourth-order valence-corrected chi connectivity index (χ4v) is 4.03. The van der Waals surface area contributed by atoms with Crippen molar-refractivity contribution in [1.82, 2.24) is 15.1 Å². The van der Waals surface area contributed by atoms with Crippen LogP contribution in [0, 0.1) is 12.3 Å². The normalized spacial score (nSPS) is 20.7. The number of rotatable bonds is 4. The molecular formula is C22H26N4O. The van der Waals surface area contributed by atoms with E-state index in [0.29, 0.717) is 23.1 Å². The number of hydrogen-bond donors (Lipinski definition) is 2. The lowest BCUT2D eigenvalue weighted by Crippen LogP contribution is -2.40. The first-order chi connectivity index (χ1) is 13.1. The van der Waals surface area contributed by atoms with Gasteiger partial charge in [-0.25, -0.2) is 0 Å². The molecule has 2 aliphatic rings. The Morgan fingerprint density at radius 2 is 2.04 bits per heavy atom. The van der Waals surface area contributed by atoms with Gasteiger partial charge in [-0.15, -0.1) is 16.6 Å². The molecule has 4 rings (SSSR count). The van der Waals surface area contributed by atoms with Crippen LogP contribution in [-0.2, 0) is 0 Å². The summed E-state index contributed by atoms with van der Waals surface area (Å²) in [5.74, 6) is 4.03.